The Balaban J connectivity index is 2.73. The fraction of sp³-hybridized carbons (Fsp3) is 0.462. The summed E-state index contributed by atoms with van der Waals surface area (Å²) in [6, 6.07) is 7.72. The zero-order valence-corrected chi connectivity index (χ0v) is 11.0. The minimum atomic E-state index is 0.512. The van der Waals surface area contributed by atoms with Gasteiger partial charge in [-0.05, 0) is 30.2 Å². The lowest BCUT2D eigenvalue weighted by molar-refractivity contribution is 0.415. The molecule has 0 aromatic heterocycles. The Morgan fingerprint density at radius 1 is 1.35 bits per heavy atom. The van der Waals surface area contributed by atoms with Crippen LogP contribution in [0.3, 0.4) is 0 Å². The molecule has 1 aromatic rings. The van der Waals surface area contributed by atoms with E-state index >= 15 is 0 Å². The molecule has 1 rings (SSSR count). The van der Waals surface area contributed by atoms with Crippen LogP contribution in [-0.4, -0.2) is 26.7 Å². The van der Waals surface area contributed by atoms with Crippen molar-refractivity contribution in [2.75, 3.05) is 25.6 Å². The van der Waals surface area contributed by atoms with E-state index in [-0.39, 0.29) is 0 Å². The van der Waals surface area contributed by atoms with E-state index in [0.29, 0.717) is 11.9 Å². The molecule has 94 valence electrons. The third kappa shape index (κ3) is 3.98. The van der Waals surface area contributed by atoms with Gasteiger partial charge in [0.2, 0.25) is 0 Å². The van der Waals surface area contributed by atoms with E-state index in [2.05, 4.69) is 18.8 Å². The van der Waals surface area contributed by atoms with Gasteiger partial charge < -0.3 is 15.4 Å². The zero-order chi connectivity index (χ0) is 12.8. The summed E-state index contributed by atoms with van der Waals surface area (Å²) in [7, 11) is 3.55. The Hall–Kier alpha value is -1.71. The maximum atomic E-state index is 5.91. The van der Waals surface area contributed by atoms with Crippen LogP contribution in [0.5, 0.6) is 5.75 Å². The molecule has 0 unspecified atom stereocenters. The topological polar surface area (TPSA) is 50.9 Å². The van der Waals surface area contributed by atoms with Gasteiger partial charge in [0.25, 0.3) is 0 Å². The summed E-state index contributed by atoms with van der Waals surface area (Å²) >= 11 is 0. The summed E-state index contributed by atoms with van der Waals surface area (Å²) in [5.41, 5.74) is 6.91. The number of ether oxygens (including phenoxy) is 1. The Morgan fingerprint density at radius 3 is 2.41 bits per heavy atom. The number of methoxy groups -OCH3 is 1. The van der Waals surface area contributed by atoms with Crippen molar-refractivity contribution in [1.29, 1.82) is 0 Å². The highest BCUT2D eigenvalue weighted by Gasteiger charge is 2.05. The summed E-state index contributed by atoms with van der Waals surface area (Å²) in [5, 5.41) is 0. The second-order valence-corrected chi connectivity index (χ2v) is 4.35. The van der Waals surface area contributed by atoms with E-state index < -0.39 is 0 Å². The Bertz CT molecular complexity index is 371. The van der Waals surface area contributed by atoms with Crippen LogP contribution >= 0.6 is 0 Å². The molecule has 0 aliphatic rings. The quantitative estimate of drug-likeness (QED) is 0.642. The van der Waals surface area contributed by atoms with E-state index in [0.717, 1.165) is 18.0 Å². The second-order valence-electron chi connectivity index (χ2n) is 4.35. The average Bonchev–Trinajstić information content (AvgIpc) is 2.35. The molecule has 0 bridgehead atoms. The van der Waals surface area contributed by atoms with Crippen molar-refractivity contribution in [3.8, 4) is 5.75 Å². The van der Waals surface area contributed by atoms with Gasteiger partial charge in [-0.1, -0.05) is 13.8 Å². The van der Waals surface area contributed by atoms with Crippen molar-refractivity contribution >= 4 is 11.6 Å². The lowest BCUT2D eigenvalue weighted by atomic mass is 10.2. The zero-order valence-electron chi connectivity index (χ0n) is 11.0. The number of hydrogen-bond acceptors (Lipinski definition) is 2. The van der Waals surface area contributed by atoms with Gasteiger partial charge in [0.05, 0.1) is 7.11 Å². The Kier molecular flexibility index (Phi) is 4.82. The van der Waals surface area contributed by atoms with E-state index in [1.807, 2.05) is 36.2 Å². The third-order valence-corrected chi connectivity index (χ3v) is 2.42. The van der Waals surface area contributed by atoms with Crippen molar-refractivity contribution in [2.45, 2.75) is 13.8 Å². The number of anilines is 1. The monoisotopic (exact) mass is 235 g/mol. The average molecular weight is 235 g/mol. The molecule has 0 aliphatic heterocycles. The largest absolute Gasteiger partial charge is 0.497 e. The highest BCUT2D eigenvalue weighted by molar-refractivity contribution is 5.94. The SMILES string of the molecule is COc1ccc(N(C)C(N)=NCC(C)C)cc1. The number of nitrogens with zero attached hydrogens (tertiary/aromatic N) is 2. The van der Waals surface area contributed by atoms with Gasteiger partial charge in [0, 0.05) is 19.3 Å². The predicted molar refractivity (Wildman–Crippen MR) is 72.7 cm³/mol. The lowest BCUT2D eigenvalue weighted by Gasteiger charge is -2.18. The van der Waals surface area contributed by atoms with Gasteiger partial charge >= 0.3 is 0 Å². The van der Waals surface area contributed by atoms with Crippen molar-refractivity contribution in [3.63, 3.8) is 0 Å². The van der Waals surface area contributed by atoms with E-state index in [9.17, 15) is 0 Å². The van der Waals surface area contributed by atoms with Crippen LogP contribution in [0, 0.1) is 5.92 Å². The van der Waals surface area contributed by atoms with Crippen molar-refractivity contribution in [2.24, 2.45) is 16.6 Å². The molecule has 0 heterocycles. The third-order valence-electron chi connectivity index (χ3n) is 2.42. The number of benzene rings is 1. The highest BCUT2D eigenvalue weighted by atomic mass is 16.5. The molecule has 1 aromatic carbocycles. The molecule has 17 heavy (non-hydrogen) atoms. The fourth-order valence-corrected chi connectivity index (χ4v) is 1.32. The smallest absolute Gasteiger partial charge is 0.195 e. The first-order valence-electron chi connectivity index (χ1n) is 5.72. The second kappa shape index (κ2) is 6.13. The first-order valence-corrected chi connectivity index (χ1v) is 5.72. The van der Waals surface area contributed by atoms with Crippen LogP contribution in [0.1, 0.15) is 13.8 Å². The summed E-state index contributed by atoms with van der Waals surface area (Å²) < 4.78 is 5.11. The summed E-state index contributed by atoms with van der Waals surface area (Å²) in [6.45, 7) is 4.97. The molecule has 2 N–H and O–H groups in total. The van der Waals surface area contributed by atoms with Crippen LogP contribution < -0.4 is 15.4 Å². The maximum Gasteiger partial charge on any atom is 0.195 e. The molecule has 0 amide bonds. The predicted octanol–water partition coefficient (Wildman–Crippen LogP) is 2.10. The highest BCUT2D eigenvalue weighted by Crippen LogP contribution is 2.17. The minimum absolute atomic E-state index is 0.512. The molecule has 0 atom stereocenters. The van der Waals surface area contributed by atoms with E-state index in [1.54, 1.807) is 7.11 Å². The molecule has 0 saturated heterocycles. The van der Waals surface area contributed by atoms with Gasteiger partial charge in [-0.15, -0.1) is 0 Å². The number of guanidine groups is 1. The van der Waals surface area contributed by atoms with Crippen LogP contribution in [-0.2, 0) is 0 Å². The minimum Gasteiger partial charge on any atom is -0.497 e. The van der Waals surface area contributed by atoms with Crippen LogP contribution in [0.15, 0.2) is 29.3 Å². The summed E-state index contributed by atoms with van der Waals surface area (Å²) in [6.07, 6.45) is 0. The van der Waals surface area contributed by atoms with Gasteiger partial charge in [-0.2, -0.15) is 0 Å². The first kappa shape index (κ1) is 13.4. The molecule has 0 aliphatic carbocycles. The van der Waals surface area contributed by atoms with Crippen molar-refractivity contribution in [1.82, 2.24) is 0 Å². The lowest BCUT2D eigenvalue weighted by Crippen LogP contribution is -2.34. The molecule has 4 heteroatoms. The Morgan fingerprint density at radius 2 is 1.94 bits per heavy atom. The molecule has 0 spiro atoms. The van der Waals surface area contributed by atoms with Gasteiger partial charge in [-0.3, -0.25) is 4.99 Å². The van der Waals surface area contributed by atoms with E-state index in [4.69, 9.17) is 10.5 Å². The Labute approximate surface area is 103 Å². The van der Waals surface area contributed by atoms with Gasteiger partial charge in [-0.25, -0.2) is 0 Å². The summed E-state index contributed by atoms with van der Waals surface area (Å²) in [4.78, 5) is 6.19. The van der Waals surface area contributed by atoms with E-state index in [1.165, 1.54) is 0 Å². The van der Waals surface area contributed by atoms with Crippen molar-refractivity contribution < 1.29 is 4.74 Å². The molecule has 0 radical (unpaired) electrons. The standard InChI is InChI=1S/C13H21N3O/c1-10(2)9-15-13(14)16(3)11-5-7-12(17-4)8-6-11/h5-8,10H,9H2,1-4H3,(H2,14,15). The summed E-state index contributed by atoms with van der Waals surface area (Å²) in [5.74, 6) is 1.88. The number of rotatable bonds is 4. The maximum absolute atomic E-state index is 5.91. The normalized spacial score (nSPS) is 11.7. The number of aliphatic imine (C=N–C) groups is 1. The molecular formula is C13H21N3O. The van der Waals surface area contributed by atoms with Gasteiger partial charge in [0.1, 0.15) is 5.75 Å². The van der Waals surface area contributed by atoms with Crippen LogP contribution in [0.2, 0.25) is 0 Å². The van der Waals surface area contributed by atoms with Crippen LogP contribution in [0.4, 0.5) is 5.69 Å². The molecule has 0 fully saturated rings. The van der Waals surface area contributed by atoms with Gasteiger partial charge in [0.15, 0.2) is 5.96 Å². The fourth-order valence-electron chi connectivity index (χ4n) is 1.32. The first-order chi connectivity index (χ1) is 8.04. The molecular weight excluding hydrogens is 214 g/mol. The molecule has 4 nitrogen and oxygen atoms in total. The molecule has 0 saturated carbocycles. The number of hydrogen-bond donors (Lipinski definition) is 1. The van der Waals surface area contributed by atoms with Crippen molar-refractivity contribution in [3.05, 3.63) is 24.3 Å². The number of nitrogens with two attached hydrogens (primary N) is 1. The van der Waals surface area contributed by atoms with Crippen LogP contribution in [0.25, 0.3) is 0 Å².